The predicted octanol–water partition coefficient (Wildman–Crippen LogP) is 1.02. The van der Waals surface area contributed by atoms with Gasteiger partial charge in [0.1, 0.15) is 5.82 Å². The topological polar surface area (TPSA) is 74.8 Å². The number of nitrogens with one attached hydrogen (secondary N) is 2. The molecule has 5 nitrogen and oxygen atoms in total. The first kappa shape index (κ1) is 10.1. The summed E-state index contributed by atoms with van der Waals surface area (Å²) in [4.78, 5) is 28.4. The average Bonchev–Trinajstić information content (AvgIpc) is 2.30. The summed E-state index contributed by atoms with van der Waals surface area (Å²) in [6.07, 6.45) is 1.33. The maximum absolute atomic E-state index is 11.7. The van der Waals surface area contributed by atoms with Gasteiger partial charge in [0, 0.05) is 11.8 Å². The molecule has 2 rings (SSSR count). The van der Waals surface area contributed by atoms with Crippen molar-refractivity contribution in [3.8, 4) is 0 Å². The van der Waals surface area contributed by atoms with Crippen molar-refractivity contribution in [3.05, 3.63) is 58.6 Å². The maximum atomic E-state index is 11.7. The van der Waals surface area contributed by atoms with Gasteiger partial charge in [-0.15, -0.1) is 0 Å². The molecule has 16 heavy (non-hydrogen) atoms. The molecule has 2 aromatic rings. The van der Waals surface area contributed by atoms with Gasteiger partial charge < -0.3 is 5.32 Å². The van der Waals surface area contributed by atoms with Crippen LogP contribution in [0.25, 0.3) is 0 Å². The highest BCUT2D eigenvalue weighted by Gasteiger charge is 2.04. The van der Waals surface area contributed by atoms with Crippen LogP contribution in [0.3, 0.4) is 0 Å². The van der Waals surface area contributed by atoms with Crippen molar-refractivity contribution >= 4 is 11.7 Å². The summed E-state index contributed by atoms with van der Waals surface area (Å²) in [6, 6.07) is 10.3. The van der Waals surface area contributed by atoms with Gasteiger partial charge in [-0.3, -0.25) is 9.78 Å². The van der Waals surface area contributed by atoms with E-state index in [1.54, 1.807) is 24.3 Å². The van der Waals surface area contributed by atoms with E-state index in [1.165, 1.54) is 12.3 Å². The van der Waals surface area contributed by atoms with E-state index in [0.717, 1.165) is 0 Å². The van der Waals surface area contributed by atoms with Gasteiger partial charge in [0.2, 0.25) is 0 Å². The normalized spacial score (nSPS) is 9.75. The molecule has 0 radical (unpaired) electrons. The Morgan fingerprint density at radius 1 is 1.19 bits per heavy atom. The van der Waals surface area contributed by atoms with E-state index < -0.39 is 5.69 Å². The number of benzene rings is 1. The van der Waals surface area contributed by atoms with Crippen LogP contribution in [-0.2, 0) is 0 Å². The molecule has 1 heterocycles. The van der Waals surface area contributed by atoms with Crippen LogP contribution in [0.15, 0.2) is 47.4 Å². The Labute approximate surface area is 91.2 Å². The Hall–Kier alpha value is -2.43. The number of aromatic amines is 1. The summed E-state index contributed by atoms with van der Waals surface area (Å²) < 4.78 is 0. The lowest BCUT2D eigenvalue weighted by molar-refractivity contribution is 0.102. The largest absolute Gasteiger partial charge is 0.346 e. The summed E-state index contributed by atoms with van der Waals surface area (Å²) in [5, 5.41) is 2.56. The van der Waals surface area contributed by atoms with Crippen molar-refractivity contribution in [3.63, 3.8) is 0 Å². The fourth-order valence-corrected chi connectivity index (χ4v) is 1.23. The third-order valence-corrected chi connectivity index (χ3v) is 1.96. The van der Waals surface area contributed by atoms with Gasteiger partial charge in [0.05, 0.1) is 0 Å². The fraction of sp³-hybridized carbons (Fsp3) is 0. The smallest absolute Gasteiger partial charge is 0.308 e. The average molecular weight is 219 g/mol. The van der Waals surface area contributed by atoms with Crippen molar-refractivity contribution in [2.45, 2.75) is 0 Å². The molecule has 0 atom stereocenters. The van der Waals surface area contributed by atoms with Crippen molar-refractivity contribution < 1.29 is 4.79 Å². The minimum Gasteiger partial charge on any atom is -0.308 e. The zero-order chi connectivity index (χ0) is 11.4. The van der Waals surface area contributed by atoms with Crippen LogP contribution < -0.4 is 11.0 Å². The highest BCUT2D eigenvalue weighted by atomic mass is 16.2. The minimum absolute atomic E-state index is 0.276. The molecule has 1 aromatic heterocycles. The van der Waals surface area contributed by atoms with Gasteiger partial charge in [0.25, 0.3) is 5.91 Å². The van der Waals surface area contributed by atoms with Crippen LogP contribution >= 0.6 is 0 Å². The second-order valence-electron chi connectivity index (χ2n) is 3.11. The number of hydrogen-bond donors (Lipinski definition) is 2. The fourth-order valence-electron chi connectivity index (χ4n) is 1.23. The summed E-state index contributed by atoms with van der Waals surface area (Å²) in [5.41, 5.74) is 0.0334. The number of carbonyl (C=O) groups is 1. The van der Waals surface area contributed by atoms with E-state index in [1.807, 2.05) is 6.07 Å². The lowest BCUT2D eigenvalue weighted by atomic mass is 10.2. The van der Waals surface area contributed by atoms with Gasteiger partial charge in [-0.05, 0) is 18.2 Å². The van der Waals surface area contributed by atoms with Gasteiger partial charge in [-0.1, -0.05) is 18.2 Å². The first-order chi connectivity index (χ1) is 7.75. The van der Waals surface area contributed by atoms with E-state index in [9.17, 15) is 9.59 Å². The molecule has 1 amide bonds. The van der Waals surface area contributed by atoms with E-state index in [0.29, 0.717) is 11.4 Å². The Balaban J connectivity index is 2.17. The molecule has 5 heteroatoms. The van der Waals surface area contributed by atoms with Crippen molar-refractivity contribution in [1.82, 2.24) is 9.97 Å². The molecule has 0 aliphatic carbocycles. The van der Waals surface area contributed by atoms with Crippen LogP contribution in [0.5, 0.6) is 0 Å². The molecule has 0 aliphatic rings. The number of H-pyrrole nitrogens is 1. The second kappa shape index (κ2) is 4.39. The lowest BCUT2D eigenvalue weighted by Crippen LogP contribution is -2.17. The van der Waals surface area contributed by atoms with Gasteiger partial charge in [-0.25, -0.2) is 9.78 Å². The standard InChI is InChI=1S/C11H9N3O2/c15-10(8-4-2-1-3-5-8)13-9-6-7-12-11(16)14-9/h1-7H,(H2,12,13,14,15,16)/i7+1,12+1,13+1,14+1. The van der Waals surface area contributed by atoms with Crippen molar-refractivity contribution in [1.29, 1.82) is 0 Å². The van der Waals surface area contributed by atoms with Crippen molar-refractivity contribution in [2.75, 3.05) is 5.32 Å². The highest BCUT2D eigenvalue weighted by Crippen LogP contribution is 2.03. The zero-order valence-corrected chi connectivity index (χ0v) is 8.31. The maximum Gasteiger partial charge on any atom is 0.346 e. The molecule has 0 aliphatic heterocycles. The molecule has 0 fully saturated rings. The molecule has 1 aromatic carbocycles. The SMILES string of the molecule is O=C([15NH]c1c[13cH][15n]c(=O)[15nH]1)c1ccccc1. The van der Waals surface area contributed by atoms with E-state index in [2.05, 4.69) is 15.3 Å². The monoisotopic (exact) mass is 219 g/mol. The molecule has 0 unspecified atom stereocenters. The number of amides is 1. The zero-order valence-electron chi connectivity index (χ0n) is 8.31. The number of rotatable bonds is 2. The summed E-state index contributed by atoms with van der Waals surface area (Å²) in [5.74, 6) is 0.0521. The molecular formula is C11H9N3O2. The molecular weight excluding hydrogens is 210 g/mol. The van der Waals surface area contributed by atoms with Crippen molar-refractivity contribution in [2.24, 2.45) is 0 Å². The first-order valence-electron chi connectivity index (χ1n) is 4.67. The molecule has 0 spiro atoms. The van der Waals surface area contributed by atoms with Crippen LogP contribution in [0, 0.1) is 0 Å². The van der Waals surface area contributed by atoms with Crippen LogP contribution in [-0.4, -0.2) is 15.9 Å². The number of carbonyl (C=O) groups excluding carboxylic acids is 1. The molecule has 0 saturated carbocycles. The van der Waals surface area contributed by atoms with E-state index in [4.69, 9.17) is 0 Å². The minimum atomic E-state index is -0.495. The molecule has 0 bridgehead atoms. The van der Waals surface area contributed by atoms with Gasteiger partial charge in [0.15, 0.2) is 0 Å². The quantitative estimate of drug-likeness (QED) is 0.740. The number of aromatic nitrogens is 2. The molecule has 0 saturated heterocycles. The highest BCUT2D eigenvalue weighted by molar-refractivity contribution is 6.03. The lowest BCUT2D eigenvalue weighted by Gasteiger charge is -2.03. The third kappa shape index (κ3) is 2.33. The van der Waals surface area contributed by atoms with Gasteiger partial charge in [-0.2, -0.15) is 0 Å². The Morgan fingerprint density at radius 3 is 2.62 bits per heavy atom. The van der Waals surface area contributed by atoms with Crippen LogP contribution in [0.4, 0.5) is 5.82 Å². The second-order valence-corrected chi connectivity index (χ2v) is 3.11. The van der Waals surface area contributed by atoms with Crippen LogP contribution in [0.1, 0.15) is 10.4 Å². The Bertz CT molecular complexity index is 548. The molecule has 2 N–H and O–H groups in total. The predicted molar refractivity (Wildman–Crippen MR) is 59.3 cm³/mol. The molecule has 80 valence electrons. The third-order valence-electron chi connectivity index (χ3n) is 1.96. The number of anilines is 1. The van der Waals surface area contributed by atoms with Crippen LogP contribution in [0.2, 0.25) is 0 Å². The van der Waals surface area contributed by atoms with E-state index >= 15 is 0 Å². The summed E-state index contributed by atoms with van der Waals surface area (Å²) in [6.45, 7) is 0. The number of hydrogen-bond acceptors (Lipinski definition) is 3. The van der Waals surface area contributed by atoms with E-state index in [-0.39, 0.29) is 5.91 Å². The summed E-state index contributed by atoms with van der Waals surface area (Å²) in [7, 11) is 0. The Kier molecular flexibility index (Phi) is 2.77. The van der Waals surface area contributed by atoms with Gasteiger partial charge >= 0.3 is 5.69 Å². The Morgan fingerprint density at radius 2 is 1.94 bits per heavy atom. The number of nitrogens with zero attached hydrogens (tertiary/aromatic N) is 1. The summed E-state index contributed by atoms with van der Waals surface area (Å²) >= 11 is 0. The first-order valence-corrected chi connectivity index (χ1v) is 4.67.